The van der Waals surface area contributed by atoms with E-state index in [0.29, 0.717) is 5.02 Å². The Morgan fingerprint density at radius 1 is 1.50 bits per heavy atom. The zero-order valence-electron chi connectivity index (χ0n) is 8.56. The predicted octanol–water partition coefficient (Wildman–Crippen LogP) is 2.70. The molecule has 0 aliphatic carbocycles. The normalized spacial score (nSPS) is 12.8. The topological polar surface area (TPSA) is 56.7 Å². The first-order valence-corrected chi connectivity index (χ1v) is 5.88. The average molecular weight is 302 g/mol. The molecular weight excluding hydrogens is 291 g/mol. The Labute approximate surface area is 107 Å². The zero-order valence-corrected chi connectivity index (χ0v) is 10.9. The minimum absolute atomic E-state index is 0.125. The Balaban J connectivity index is 2.42. The summed E-state index contributed by atoms with van der Waals surface area (Å²) in [6.45, 7) is 1.87. The summed E-state index contributed by atoms with van der Waals surface area (Å²) in [6, 6.07) is 5.35. The van der Waals surface area contributed by atoms with E-state index < -0.39 is 0 Å². The zero-order chi connectivity index (χ0) is 11.7. The summed E-state index contributed by atoms with van der Waals surface area (Å²) in [5.74, 6) is 0. The van der Waals surface area contributed by atoms with Gasteiger partial charge < -0.3 is 5.73 Å². The van der Waals surface area contributed by atoms with E-state index in [4.69, 9.17) is 17.3 Å². The summed E-state index contributed by atoms with van der Waals surface area (Å²) in [5, 5.41) is 8.67. The second-order valence-corrected chi connectivity index (χ2v) is 4.76. The van der Waals surface area contributed by atoms with Gasteiger partial charge in [-0.1, -0.05) is 16.8 Å². The van der Waals surface area contributed by atoms with Crippen LogP contribution in [0.5, 0.6) is 0 Å². The Morgan fingerprint density at radius 2 is 2.25 bits per heavy atom. The fourth-order valence-corrected chi connectivity index (χ4v) is 2.13. The molecule has 0 radical (unpaired) electrons. The Bertz CT molecular complexity index is 509. The first-order chi connectivity index (χ1) is 7.58. The molecule has 2 aromatic rings. The summed E-state index contributed by atoms with van der Waals surface area (Å²) < 4.78 is 2.53. The van der Waals surface area contributed by atoms with E-state index in [-0.39, 0.29) is 6.04 Å². The molecule has 1 heterocycles. The summed E-state index contributed by atoms with van der Waals surface area (Å²) >= 11 is 9.29. The van der Waals surface area contributed by atoms with Gasteiger partial charge in [0.15, 0.2) is 0 Å². The highest BCUT2D eigenvalue weighted by Gasteiger charge is 2.08. The molecule has 1 aromatic heterocycles. The molecule has 0 bridgehead atoms. The summed E-state index contributed by atoms with van der Waals surface area (Å²) in [7, 11) is 0. The van der Waals surface area contributed by atoms with Crippen molar-refractivity contribution in [2.24, 2.45) is 5.73 Å². The molecule has 1 atom stereocenters. The van der Waals surface area contributed by atoms with Crippen molar-refractivity contribution >= 4 is 27.5 Å². The average Bonchev–Trinajstić information content (AvgIpc) is 2.66. The largest absolute Gasteiger partial charge is 0.323 e. The number of hydrogen-bond acceptors (Lipinski definition) is 3. The van der Waals surface area contributed by atoms with Crippen LogP contribution >= 0.6 is 27.5 Å². The molecule has 1 aromatic carbocycles. The third-order valence-electron chi connectivity index (χ3n) is 2.13. The van der Waals surface area contributed by atoms with Crippen LogP contribution in [0.1, 0.15) is 18.7 Å². The molecule has 6 heteroatoms. The molecule has 0 aliphatic rings. The van der Waals surface area contributed by atoms with Crippen molar-refractivity contribution in [1.82, 2.24) is 15.0 Å². The minimum atomic E-state index is -0.125. The van der Waals surface area contributed by atoms with Crippen LogP contribution in [0, 0.1) is 0 Å². The number of benzene rings is 1. The molecular formula is C10H10BrClN4. The van der Waals surface area contributed by atoms with Crippen molar-refractivity contribution in [3.8, 4) is 5.69 Å². The Morgan fingerprint density at radius 3 is 2.81 bits per heavy atom. The highest BCUT2D eigenvalue weighted by Crippen LogP contribution is 2.24. The highest BCUT2D eigenvalue weighted by atomic mass is 79.9. The standard InChI is InChI=1S/C10H10BrClN4/c1-6(13)9-5-16(15-14-9)10-3-2-7(12)4-8(10)11/h2-6H,13H2,1H3. The van der Waals surface area contributed by atoms with Gasteiger partial charge in [0.1, 0.15) is 0 Å². The molecule has 0 spiro atoms. The molecule has 0 saturated heterocycles. The fourth-order valence-electron chi connectivity index (χ4n) is 1.27. The van der Waals surface area contributed by atoms with Gasteiger partial charge in [0.25, 0.3) is 0 Å². The molecule has 2 rings (SSSR count). The van der Waals surface area contributed by atoms with Crippen molar-refractivity contribution in [2.45, 2.75) is 13.0 Å². The second-order valence-electron chi connectivity index (χ2n) is 3.47. The van der Waals surface area contributed by atoms with Crippen LogP contribution in [0.4, 0.5) is 0 Å². The molecule has 1 unspecified atom stereocenters. The van der Waals surface area contributed by atoms with Gasteiger partial charge in [0.2, 0.25) is 0 Å². The van der Waals surface area contributed by atoms with E-state index >= 15 is 0 Å². The Kier molecular flexibility index (Phi) is 3.28. The lowest BCUT2D eigenvalue weighted by Crippen LogP contribution is -2.04. The maximum Gasteiger partial charge on any atom is 0.0995 e. The summed E-state index contributed by atoms with van der Waals surface area (Å²) in [6.07, 6.45) is 1.80. The third-order valence-corrected chi connectivity index (χ3v) is 3.00. The van der Waals surface area contributed by atoms with E-state index in [0.717, 1.165) is 15.9 Å². The SMILES string of the molecule is CC(N)c1cn(-c2ccc(Cl)cc2Br)nn1. The second kappa shape index (κ2) is 4.53. The van der Waals surface area contributed by atoms with Crippen LogP contribution in [0.25, 0.3) is 5.69 Å². The lowest BCUT2D eigenvalue weighted by Gasteiger charge is -2.03. The molecule has 0 aliphatic heterocycles. The highest BCUT2D eigenvalue weighted by molar-refractivity contribution is 9.10. The van der Waals surface area contributed by atoms with Gasteiger partial charge in [-0.25, -0.2) is 4.68 Å². The number of aromatic nitrogens is 3. The first kappa shape index (κ1) is 11.6. The van der Waals surface area contributed by atoms with Gasteiger partial charge >= 0.3 is 0 Å². The van der Waals surface area contributed by atoms with Gasteiger partial charge in [-0.15, -0.1) is 5.10 Å². The molecule has 0 saturated carbocycles. The van der Waals surface area contributed by atoms with Gasteiger partial charge in [-0.3, -0.25) is 0 Å². The first-order valence-electron chi connectivity index (χ1n) is 4.71. The monoisotopic (exact) mass is 300 g/mol. The lowest BCUT2D eigenvalue weighted by molar-refractivity contribution is 0.756. The van der Waals surface area contributed by atoms with Crippen LogP contribution in [0.2, 0.25) is 5.02 Å². The summed E-state index contributed by atoms with van der Waals surface area (Å²) in [5.41, 5.74) is 7.35. The van der Waals surface area contributed by atoms with E-state index in [1.54, 1.807) is 16.9 Å². The minimum Gasteiger partial charge on any atom is -0.323 e. The van der Waals surface area contributed by atoms with E-state index in [1.165, 1.54) is 0 Å². The number of hydrogen-bond donors (Lipinski definition) is 1. The maximum atomic E-state index is 5.86. The van der Waals surface area contributed by atoms with Crippen molar-refractivity contribution in [1.29, 1.82) is 0 Å². The number of halogens is 2. The van der Waals surface area contributed by atoms with Crippen LogP contribution in [-0.2, 0) is 0 Å². The van der Waals surface area contributed by atoms with E-state index in [9.17, 15) is 0 Å². The predicted molar refractivity (Wildman–Crippen MR) is 66.7 cm³/mol. The number of nitrogens with two attached hydrogens (primary N) is 1. The van der Waals surface area contributed by atoms with Gasteiger partial charge in [-0.05, 0) is 41.1 Å². The van der Waals surface area contributed by atoms with E-state index in [1.807, 2.05) is 19.1 Å². The van der Waals surface area contributed by atoms with Crippen molar-refractivity contribution in [3.05, 3.63) is 39.6 Å². The Hall–Kier alpha value is -0.910. The molecule has 84 valence electrons. The van der Waals surface area contributed by atoms with Gasteiger partial charge in [0.05, 0.1) is 17.6 Å². The fraction of sp³-hybridized carbons (Fsp3) is 0.200. The third kappa shape index (κ3) is 2.26. The number of rotatable bonds is 2. The smallest absolute Gasteiger partial charge is 0.0995 e. The van der Waals surface area contributed by atoms with Crippen molar-refractivity contribution in [3.63, 3.8) is 0 Å². The molecule has 2 N–H and O–H groups in total. The summed E-state index contributed by atoms with van der Waals surface area (Å²) in [4.78, 5) is 0. The molecule has 16 heavy (non-hydrogen) atoms. The van der Waals surface area contributed by atoms with Gasteiger partial charge in [-0.2, -0.15) is 0 Å². The molecule has 0 fully saturated rings. The molecule has 0 amide bonds. The van der Waals surface area contributed by atoms with Crippen molar-refractivity contribution < 1.29 is 0 Å². The molecule has 4 nitrogen and oxygen atoms in total. The van der Waals surface area contributed by atoms with Crippen LogP contribution in [0.3, 0.4) is 0 Å². The van der Waals surface area contributed by atoms with Gasteiger partial charge in [0, 0.05) is 15.5 Å². The quantitative estimate of drug-likeness (QED) is 0.928. The number of nitrogens with zero attached hydrogens (tertiary/aromatic N) is 3. The van der Waals surface area contributed by atoms with Crippen molar-refractivity contribution in [2.75, 3.05) is 0 Å². The van der Waals surface area contributed by atoms with Crippen LogP contribution in [0.15, 0.2) is 28.9 Å². The van der Waals surface area contributed by atoms with E-state index in [2.05, 4.69) is 26.2 Å². The maximum absolute atomic E-state index is 5.86. The van der Waals surface area contributed by atoms with Crippen LogP contribution < -0.4 is 5.73 Å². The lowest BCUT2D eigenvalue weighted by atomic mass is 10.3. The van der Waals surface area contributed by atoms with Crippen LogP contribution in [-0.4, -0.2) is 15.0 Å².